The van der Waals surface area contributed by atoms with Gasteiger partial charge in [-0.3, -0.25) is 9.48 Å². The molecule has 0 aliphatic carbocycles. The molecular weight excluding hydrogens is 356 g/mol. The summed E-state index contributed by atoms with van der Waals surface area (Å²) < 4.78 is 34.0. The normalized spacial score (nSPS) is 16.5. The fraction of sp³-hybridized carbons (Fsp3) is 0.412. The molecule has 140 valence electrons. The van der Waals surface area contributed by atoms with Gasteiger partial charge in [-0.1, -0.05) is 0 Å². The van der Waals surface area contributed by atoms with Gasteiger partial charge in [-0.2, -0.15) is 9.40 Å². The van der Waals surface area contributed by atoms with Crippen LogP contribution in [0, 0.1) is 13.8 Å². The molecule has 3 rings (SSSR count). The van der Waals surface area contributed by atoms with Crippen LogP contribution >= 0.6 is 0 Å². The van der Waals surface area contributed by atoms with Gasteiger partial charge in [-0.15, -0.1) is 0 Å². The molecule has 0 bridgehead atoms. The van der Waals surface area contributed by atoms with Crippen LogP contribution in [0.2, 0.25) is 0 Å². The predicted octanol–water partition coefficient (Wildman–Crippen LogP) is 1.18. The van der Waals surface area contributed by atoms with Crippen LogP contribution in [0.5, 0.6) is 0 Å². The van der Waals surface area contributed by atoms with Crippen molar-refractivity contribution >= 4 is 22.0 Å². The van der Waals surface area contributed by atoms with E-state index in [0.717, 1.165) is 0 Å². The van der Waals surface area contributed by atoms with Gasteiger partial charge in [0.15, 0.2) is 0 Å². The number of carbonyl (C=O) groups is 1. The molecular formula is C17H22N4O4S. The van der Waals surface area contributed by atoms with Crippen LogP contribution < -0.4 is 0 Å². The number of piperazine rings is 1. The van der Waals surface area contributed by atoms with Crippen molar-refractivity contribution < 1.29 is 17.6 Å². The Morgan fingerprint density at radius 2 is 1.92 bits per heavy atom. The standard InChI is InChI=1S/C17H22N4O4S/c1-13-17(14(2)19(3)18-13)26(23,24)21-10-8-20(9-11-21)16(22)7-6-15-5-4-12-25-15/h4-7,12H,8-11H2,1-3H3/b7-6+. The second-order valence-electron chi connectivity index (χ2n) is 6.20. The molecule has 0 spiro atoms. The molecule has 1 aliphatic rings. The highest BCUT2D eigenvalue weighted by molar-refractivity contribution is 7.89. The molecule has 0 atom stereocenters. The summed E-state index contributed by atoms with van der Waals surface area (Å²) in [5.74, 6) is 0.439. The third kappa shape index (κ3) is 3.45. The lowest BCUT2D eigenvalue weighted by atomic mass is 10.3. The SMILES string of the molecule is Cc1nn(C)c(C)c1S(=O)(=O)N1CCN(C(=O)/C=C/c2ccco2)CC1. The van der Waals surface area contributed by atoms with Crippen molar-refractivity contribution in [1.82, 2.24) is 19.0 Å². The molecule has 1 saturated heterocycles. The van der Waals surface area contributed by atoms with E-state index < -0.39 is 10.0 Å². The molecule has 2 aromatic rings. The molecule has 1 fully saturated rings. The van der Waals surface area contributed by atoms with E-state index in [1.807, 2.05) is 0 Å². The molecule has 1 amide bonds. The Kier molecular flexibility index (Phi) is 5.01. The summed E-state index contributed by atoms with van der Waals surface area (Å²) in [4.78, 5) is 14.1. The molecule has 0 N–H and O–H groups in total. The summed E-state index contributed by atoms with van der Waals surface area (Å²) in [6, 6.07) is 3.50. The highest BCUT2D eigenvalue weighted by Gasteiger charge is 2.33. The number of aromatic nitrogens is 2. The van der Waals surface area contributed by atoms with E-state index in [9.17, 15) is 13.2 Å². The summed E-state index contributed by atoms with van der Waals surface area (Å²) in [5.41, 5.74) is 1.10. The molecule has 0 unspecified atom stereocenters. The van der Waals surface area contributed by atoms with Crippen molar-refractivity contribution in [3.8, 4) is 0 Å². The first-order valence-corrected chi connectivity index (χ1v) is 9.75. The average Bonchev–Trinajstić information content (AvgIpc) is 3.21. The third-order valence-electron chi connectivity index (χ3n) is 4.52. The fourth-order valence-electron chi connectivity index (χ4n) is 3.05. The number of amides is 1. The minimum absolute atomic E-state index is 0.160. The minimum atomic E-state index is -3.62. The van der Waals surface area contributed by atoms with E-state index in [1.54, 1.807) is 48.7 Å². The molecule has 2 aromatic heterocycles. The molecule has 3 heterocycles. The third-order valence-corrected chi connectivity index (χ3v) is 6.68. The Bertz CT molecular complexity index is 920. The van der Waals surface area contributed by atoms with Crippen molar-refractivity contribution in [3.63, 3.8) is 0 Å². The van der Waals surface area contributed by atoms with Gasteiger partial charge in [0.1, 0.15) is 10.7 Å². The van der Waals surface area contributed by atoms with Gasteiger partial charge in [-0.05, 0) is 32.1 Å². The van der Waals surface area contributed by atoms with Gasteiger partial charge in [0, 0.05) is 39.3 Å². The van der Waals surface area contributed by atoms with Crippen molar-refractivity contribution in [2.75, 3.05) is 26.2 Å². The average molecular weight is 378 g/mol. The van der Waals surface area contributed by atoms with E-state index in [-0.39, 0.29) is 23.9 Å². The topological polar surface area (TPSA) is 88.7 Å². The van der Waals surface area contributed by atoms with Crippen molar-refractivity contribution in [2.24, 2.45) is 7.05 Å². The number of nitrogens with zero attached hydrogens (tertiary/aromatic N) is 4. The smallest absolute Gasteiger partial charge is 0.246 e. The van der Waals surface area contributed by atoms with Crippen LogP contribution in [0.25, 0.3) is 6.08 Å². The second kappa shape index (κ2) is 7.08. The Labute approximate surface area is 152 Å². The molecule has 26 heavy (non-hydrogen) atoms. The largest absolute Gasteiger partial charge is 0.465 e. The lowest BCUT2D eigenvalue weighted by Crippen LogP contribution is -2.50. The van der Waals surface area contributed by atoms with E-state index in [4.69, 9.17) is 4.42 Å². The zero-order valence-corrected chi connectivity index (χ0v) is 15.9. The van der Waals surface area contributed by atoms with Gasteiger partial charge in [-0.25, -0.2) is 8.42 Å². The number of carbonyl (C=O) groups excluding carboxylic acids is 1. The number of furan rings is 1. The van der Waals surface area contributed by atoms with Gasteiger partial charge in [0.05, 0.1) is 17.7 Å². The van der Waals surface area contributed by atoms with Gasteiger partial charge < -0.3 is 9.32 Å². The highest BCUT2D eigenvalue weighted by atomic mass is 32.2. The molecule has 8 nitrogen and oxygen atoms in total. The van der Waals surface area contributed by atoms with Gasteiger partial charge in [0.25, 0.3) is 0 Å². The molecule has 0 saturated carbocycles. The number of aryl methyl sites for hydroxylation is 2. The zero-order chi connectivity index (χ0) is 18.9. The van der Waals surface area contributed by atoms with Gasteiger partial charge in [0.2, 0.25) is 15.9 Å². The number of sulfonamides is 1. The molecule has 0 aromatic carbocycles. The second-order valence-corrected chi connectivity index (χ2v) is 8.08. The summed E-state index contributed by atoms with van der Waals surface area (Å²) in [5, 5.41) is 4.19. The molecule has 1 aliphatic heterocycles. The number of hydrogen-bond donors (Lipinski definition) is 0. The van der Waals surface area contributed by atoms with Gasteiger partial charge >= 0.3 is 0 Å². The Balaban J connectivity index is 1.67. The first kappa shape index (κ1) is 18.4. The van der Waals surface area contributed by atoms with Crippen molar-refractivity contribution in [1.29, 1.82) is 0 Å². The van der Waals surface area contributed by atoms with Crippen LogP contribution in [0.1, 0.15) is 17.1 Å². The lowest BCUT2D eigenvalue weighted by Gasteiger charge is -2.33. The maximum atomic E-state index is 12.9. The van der Waals surface area contributed by atoms with E-state index >= 15 is 0 Å². The summed E-state index contributed by atoms with van der Waals surface area (Å²) in [6.45, 7) is 4.65. The van der Waals surface area contributed by atoms with Crippen LogP contribution in [-0.2, 0) is 21.9 Å². The molecule has 9 heteroatoms. The quantitative estimate of drug-likeness (QED) is 0.746. The van der Waals surface area contributed by atoms with Crippen molar-refractivity contribution in [3.05, 3.63) is 41.6 Å². The lowest BCUT2D eigenvalue weighted by molar-refractivity contribution is -0.127. The summed E-state index contributed by atoms with van der Waals surface area (Å²) in [6.07, 6.45) is 4.59. The van der Waals surface area contributed by atoms with E-state index in [0.29, 0.717) is 30.2 Å². The monoisotopic (exact) mass is 378 g/mol. The highest BCUT2D eigenvalue weighted by Crippen LogP contribution is 2.24. The zero-order valence-electron chi connectivity index (χ0n) is 15.0. The summed E-state index contributed by atoms with van der Waals surface area (Å²) in [7, 11) is -1.89. The van der Waals surface area contributed by atoms with Crippen molar-refractivity contribution in [2.45, 2.75) is 18.7 Å². The minimum Gasteiger partial charge on any atom is -0.465 e. The summed E-state index contributed by atoms with van der Waals surface area (Å²) >= 11 is 0. The van der Waals surface area contributed by atoms with Crippen LogP contribution in [0.3, 0.4) is 0 Å². The maximum Gasteiger partial charge on any atom is 0.246 e. The maximum absolute atomic E-state index is 12.9. The van der Waals surface area contributed by atoms with Crippen LogP contribution in [0.4, 0.5) is 0 Å². The molecule has 0 radical (unpaired) electrons. The predicted molar refractivity (Wildman–Crippen MR) is 95.8 cm³/mol. The van der Waals surface area contributed by atoms with E-state index in [2.05, 4.69) is 5.10 Å². The van der Waals surface area contributed by atoms with E-state index in [1.165, 1.54) is 16.6 Å². The number of hydrogen-bond acceptors (Lipinski definition) is 5. The van der Waals surface area contributed by atoms with Crippen LogP contribution in [-0.4, -0.2) is 59.5 Å². The Morgan fingerprint density at radius 3 is 2.46 bits per heavy atom. The fourth-order valence-corrected chi connectivity index (χ4v) is 4.87. The number of rotatable bonds is 4. The van der Waals surface area contributed by atoms with Crippen LogP contribution in [0.15, 0.2) is 33.8 Å². The Morgan fingerprint density at radius 1 is 1.23 bits per heavy atom. The first-order valence-electron chi connectivity index (χ1n) is 8.31. The first-order chi connectivity index (χ1) is 12.3. The Hall–Kier alpha value is -2.39.